The summed E-state index contributed by atoms with van der Waals surface area (Å²) in [6.07, 6.45) is 1.91. The summed E-state index contributed by atoms with van der Waals surface area (Å²) < 4.78 is 34.5. The van der Waals surface area contributed by atoms with Crippen LogP contribution in [0.3, 0.4) is 0 Å². The molecule has 2 heterocycles. The Bertz CT molecular complexity index is 935. The highest BCUT2D eigenvalue weighted by Crippen LogP contribution is 2.42. The van der Waals surface area contributed by atoms with Crippen molar-refractivity contribution >= 4 is 50.3 Å². The minimum absolute atomic E-state index is 0.0334. The molecular formula is C14H12Cl2N2O5S2. The van der Waals surface area contributed by atoms with Crippen molar-refractivity contribution < 1.29 is 22.7 Å². The van der Waals surface area contributed by atoms with Gasteiger partial charge in [0, 0.05) is 25.2 Å². The lowest BCUT2D eigenvalue weighted by Gasteiger charge is -2.15. The molecular weight excluding hydrogens is 411 g/mol. The van der Waals surface area contributed by atoms with Crippen LogP contribution in [-0.4, -0.2) is 43.3 Å². The number of sulfone groups is 1. The van der Waals surface area contributed by atoms with E-state index in [2.05, 4.69) is 9.97 Å². The van der Waals surface area contributed by atoms with Gasteiger partial charge in [0.15, 0.2) is 0 Å². The zero-order valence-electron chi connectivity index (χ0n) is 13.1. The number of rotatable bonds is 5. The molecule has 0 atom stereocenters. The highest BCUT2D eigenvalue weighted by atomic mass is 35.5. The van der Waals surface area contributed by atoms with Crippen molar-refractivity contribution in [1.29, 1.82) is 0 Å². The van der Waals surface area contributed by atoms with Crippen LogP contribution in [0.1, 0.15) is 12.8 Å². The molecule has 0 radical (unpaired) electrons. The molecule has 1 saturated carbocycles. The Morgan fingerprint density at radius 2 is 1.96 bits per heavy atom. The molecule has 134 valence electrons. The van der Waals surface area contributed by atoms with E-state index < -0.39 is 26.6 Å². The number of ether oxygens (including phenoxy) is 2. The fourth-order valence-corrected chi connectivity index (χ4v) is 3.92. The predicted molar refractivity (Wildman–Crippen MR) is 93.1 cm³/mol. The van der Waals surface area contributed by atoms with Crippen LogP contribution >= 0.6 is 34.5 Å². The van der Waals surface area contributed by atoms with Gasteiger partial charge in [0.05, 0.1) is 22.7 Å². The topological polar surface area (TPSA) is 95.5 Å². The van der Waals surface area contributed by atoms with E-state index in [9.17, 15) is 13.2 Å². The lowest BCUT2D eigenvalue weighted by atomic mass is 10.3. The monoisotopic (exact) mass is 422 g/mol. The lowest BCUT2D eigenvalue weighted by molar-refractivity contribution is -0.151. The van der Waals surface area contributed by atoms with Gasteiger partial charge in [-0.25, -0.2) is 18.2 Å². The molecule has 0 unspecified atom stereocenters. The molecule has 3 rings (SSSR count). The van der Waals surface area contributed by atoms with Gasteiger partial charge in [0.1, 0.15) is 4.34 Å². The van der Waals surface area contributed by atoms with Gasteiger partial charge in [-0.15, -0.1) is 11.3 Å². The highest BCUT2D eigenvalue weighted by Gasteiger charge is 2.54. The van der Waals surface area contributed by atoms with Crippen molar-refractivity contribution in [2.24, 2.45) is 0 Å². The van der Waals surface area contributed by atoms with Gasteiger partial charge in [-0.3, -0.25) is 0 Å². The number of methoxy groups -OCH3 is 1. The number of carbonyl (C=O) groups is 1. The van der Waals surface area contributed by atoms with E-state index >= 15 is 0 Å². The fourth-order valence-electron chi connectivity index (χ4n) is 2.07. The molecule has 0 saturated heterocycles. The Morgan fingerprint density at radius 1 is 1.28 bits per heavy atom. The lowest BCUT2D eigenvalue weighted by Crippen LogP contribution is -2.31. The third-order valence-electron chi connectivity index (χ3n) is 3.47. The maximum atomic E-state index is 11.9. The van der Waals surface area contributed by atoms with Crippen molar-refractivity contribution in [3.63, 3.8) is 0 Å². The van der Waals surface area contributed by atoms with E-state index in [1.807, 2.05) is 0 Å². The average molecular weight is 423 g/mol. The van der Waals surface area contributed by atoms with E-state index in [0.29, 0.717) is 27.1 Å². The SMILES string of the molecule is COC(=O)C1(Oc2cc(-c3cc(Cl)c(Cl)s3)nc(S(C)(=O)=O)n2)CC1. The summed E-state index contributed by atoms with van der Waals surface area (Å²) in [5.74, 6) is -0.565. The number of hydrogen-bond acceptors (Lipinski definition) is 8. The van der Waals surface area contributed by atoms with Crippen molar-refractivity contribution in [3.8, 4) is 16.5 Å². The van der Waals surface area contributed by atoms with E-state index in [0.717, 1.165) is 17.6 Å². The summed E-state index contributed by atoms with van der Waals surface area (Å²) >= 11 is 13.0. The second-order valence-corrected chi connectivity index (χ2v) is 9.44. The highest BCUT2D eigenvalue weighted by molar-refractivity contribution is 7.90. The second kappa shape index (κ2) is 6.39. The predicted octanol–water partition coefficient (Wildman–Crippen LogP) is 3.00. The van der Waals surface area contributed by atoms with Crippen molar-refractivity contribution in [2.45, 2.75) is 23.6 Å². The summed E-state index contributed by atoms with van der Waals surface area (Å²) in [5.41, 5.74) is -0.843. The smallest absolute Gasteiger partial charge is 0.350 e. The molecule has 0 N–H and O–H groups in total. The minimum Gasteiger partial charge on any atom is -0.466 e. The first kappa shape index (κ1) is 18.4. The zero-order chi connectivity index (χ0) is 18.4. The first-order valence-corrected chi connectivity index (χ1v) is 10.4. The van der Waals surface area contributed by atoms with E-state index in [-0.39, 0.29) is 11.6 Å². The van der Waals surface area contributed by atoms with E-state index in [1.54, 1.807) is 6.07 Å². The Hall–Kier alpha value is -1.42. The summed E-state index contributed by atoms with van der Waals surface area (Å²) in [5, 5.41) is -0.0850. The molecule has 25 heavy (non-hydrogen) atoms. The third-order valence-corrected chi connectivity index (χ3v) is 6.21. The number of aromatic nitrogens is 2. The first-order chi connectivity index (χ1) is 11.6. The molecule has 0 spiro atoms. The van der Waals surface area contributed by atoms with Gasteiger partial charge in [-0.05, 0) is 6.07 Å². The Balaban J connectivity index is 2.06. The van der Waals surface area contributed by atoms with Gasteiger partial charge < -0.3 is 9.47 Å². The molecule has 0 aromatic carbocycles. The molecule has 2 aromatic heterocycles. The van der Waals surface area contributed by atoms with Crippen LogP contribution in [0.15, 0.2) is 17.3 Å². The maximum Gasteiger partial charge on any atom is 0.350 e. The van der Waals surface area contributed by atoms with Gasteiger partial charge in [0.25, 0.3) is 5.16 Å². The molecule has 11 heteroatoms. The second-order valence-electron chi connectivity index (χ2n) is 5.47. The van der Waals surface area contributed by atoms with E-state index in [1.165, 1.54) is 13.2 Å². The molecule has 2 aromatic rings. The molecule has 1 aliphatic carbocycles. The van der Waals surface area contributed by atoms with Crippen molar-refractivity contribution in [1.82, 2.24) is 9.97 Å². The van der Waals surface area contributed by atoms with Gasteiger partial charge in [-0.1, -0.05) is 23.2 Å². The average Bonchev–Trinajstić information content (AvgIpc) is 3.24. The summed E-state index contributed by atoms with van der Waals surface area (Å²) in [7, 11) is -2.44. The van der Waals surface area contributed by atoms with Crippen LogP contribution in [0.2, 0.25) is 9.36 Å². The number of carbonyl (C=O) groups excluding carboxylic acids is 1. The Morgan fingerprint density at radius 3 is 2.44 bits per heavy atom. The number of nitrogens with zero attached hydrogens (tertiary/aromatic N) is 2. The summed E-state index contributed by atoms with van der Waals surface area (Å²) in [6, 6.07) is 3.01. The summed E-state index contributed by atoms with van der Waals surface area (Å²) in [6.45, 7) is 0. The molecule has 1 aliphatic rings. The van der Waals surface area contributed by atoms with Gasteiger partial charge in [-0.2, -0.15) is 4.98 Å². The van der Waals surface area contributed by atoms with Crippen LogP contribution in [0.5, 0.6) is 5.88 Å². The Labute approximate surface area is 157 Å². The van der Waals surface area contributed by atoms with Crippen LogP contribution in [0, 0.1) is 0 Å². The zero-order valence-corrected chi connectivity index (χ0v) is 16.2. The molecule has 0 aliphatic heterocycles. The summed E-state index contributed by atoms with van der Waals surface area (Å²) in [4.78, 5) is 20.3. The molecule has 1 fully saturated rings. The van der Waals surface area contributed by atoms with Crippen LogP contribution in [0.4, 0.5) is 0 Å². The van der Waals surface area contributed by atoms with Crippen molar-refractivity contribution in [3.05, 3.63) is 21.5 Å². The quantitative estimate of drug-likeness (QED) is 0.539. The first-order valence-electron chi connectivity index (χ1n) is 6.96. The number of hydrogen-bond donors (Lipinski definition) is 0. The van der Waals surface area contributed by atoms with Crippen LogP contribution in [-0.2, 0) is 19.4 Å². The molecule has 0 bridgehead atoms. The van der Waals surface area contributed by atoms with Crippen molar-refractivity contribution in [2.75, 3.05) is 13.4 Å². The number of halogens is 2. The third kappa shape index (κ3) is 3.74. The maximum absolute atomic E-state index is 11.9. The number of thiophene rings is 1. The fraction of sp³-hybridized carbons (Fsp3) is 0.357. The van der Waals surface area contributed by atoms with Crippen LogP contribution in [0.25, 0.3) is 10.6 Å². The minimum atomic E-state index is -3.70. The number of esters is 1. The largest absolute Gasteiger partial charge is 0.466 e. The van der Waals surface area contributed by atoms with Gasteiger partial charge >= 0.3 is 5.97 Å². The standard InChI is InChI=1S/C14H12Cl2N2O5S2/c1-22-12(19)14(3-4-14)23-10-6-8(9-5-7(15)11(16)24-9)17-13(18-10)25(2,20)21/h5-6H,3-4H2,1-2H3. The normalized spacial score (nSPS) is 15.7. The van der Waals surface area contributed by atoms with E-state index in [4.69, 9.17) is 32.7 Å². The Kier molecular flexibility index (Phi) is 4.69. The van der Waals surface area contributed by atoms with Gasteiger partial charge in [0.2, 0.25) is 21.3 Å². The molecule has 0 amide bonds. The molecule has 7 nitrogen and oxygen atoms in total. The van der Waals surface area contributed by atoms with Crippen LogP contribution < -0.4 is 4.74 Å².